The minimum Gasteiger partial charge on any atom is -0.456 e. The fraction of sp³-hybridized carbons (Fsp3) is 0.176. The number of amides is 1. The lowest BCUT2D eigenvalue weighted by Crippen LogP contribution is -2.37. The Morgan fingerprint density at radius 3 is 2.64 bits per heavy atom. The summed E-state index contributed by atoms with van der Waals surface area (Å²) in [4.78, 5) is 27.5. The summed E-state index contributed by atoms with van der Waals surface area (Å²) in [6.07, 6.45) is 0.295. The first-order valence-corrected chi connectivity index (χ1v) is 7.95. The van der Waals surface area contributed by atoms with Gasteiger partial charge in [-0.2, -0.15) is 0 Å². The average molecular weight is 311 g/mol. The van der Waals surface area contributed by atoms with Gasteiger partial charge in [-0.1, -0.05) is 24.3 Å². The zero-order chi connectivity index (χ0) is 15.1. The molecule has 0 radical (unpaired) electrons. The van der Waals surface area contributed by atoms with Crippen LogP contribution in [0.4, 0.5) is 5.69 Å². The number of carbonyl (C=O) groups is 2. The number of ether oxygens (including phenoxy) is 1. The van der Waals surface area contributed by atoms with Crippen LogP contribution in [-0.4, -0.2) is 18.5 Å². The number of hydrogen-bond acceptors (Lipinski definition) is 4. The molecule has 0 saturated heterocycles. The maximum absolute atomic E-state index is 12.7. The number of para-hydroxylation sites is 1. The highest BCUT2D eigenvalue weighted by atomic mass is 32.1. The quantitative estimate of drug-likeness (QED) is 0.801. The number of hydrogen-bond donors (Lipinski definition) is 0. The molecular weight excluding hydrogens is 298 g/mol. The van der Waals surface area contributed by atoms with Crippen molar-refractivity contribution in [3.63, 3.8) is 0 Å². The van der Waals surface area contributed by atoms with Crippen LogP contribution in [0.15, 0.2) is 59.1 Å². The Morgan fingerprint density at radius 2 is 1.91 bits per heavy atom. The molecule has 5 heteroatoms. The summed E-state index contributed by atoms with van der Waals surface area (Å²) in [7, 11) is 0. The van der Waals surface area contributed by atoms with E-state index in [1.54, 1.807) is 16.2 Å². The number of nitrogens with zero attached hydrogens (tertiary/aromatic N) is 1. The standard InChI is InChI=1S/C17H13NO3S/c19-15-9-12(14-7-4-8-22-14)16-13(10-21-17(16)20)18(15)11-5-2-1-3-6-11/h1-8,12H,9-10H2/t12-/m0/s1. The van der Waals surface area contributed by atoms with E-state index < -0.39 is 0 Å². The molecule has 22 heavy (non-hydrogen) atoms. The smallest absolute Gasteiger partial charge is 0.337 e. The van der Waals surface area contributed by atoms with Gasteiger partial charge in [0.05, 0.1) is 11.3 Å². The Balaban J connectivity index is 1.85. The Bertz CT molecular complexity index is 764. The maximum Gasteiger partial charge on any atom is 0.337 e. The molecule has 0 N–H and O–H groups in total. The van der Waals surface area contributed by atoms with Gasteiger partial charge in [0.15, 0.2) is 0 Å². The molecule has 0 bridgehead atoms. The highest BCUT2D eigenvalue weighted by Crippen LogP contribution is 2.42. The molecule has 110 valence electrons. The molecule has 1 atom stereocenters. The molecule has 2 aliphatic heterocycles. The van der Waals surface area contributed by atoms with Crippen molar-refractivity contribution in [3.05, 3.63) is 64.0 Å². The largest absolute Gasteiger partial charge is 0.456 e. The number of thiophene rings is 1. The predicted octanol–water partition coefficient (Wildman–Crippen LogP) is 3.08. The summed E-state index contributed by atoms with van der Waals surface area (Å²) in [6.45, 7) is 0.163. The van der Waals surface area contributed by atoms with Crippen LogP contribution in [-0.2, 0) is 14.3 Å². The van der Waals surface area contributed by atoms with Crippen molar-refractivity contribution in [1.82, 2.24) is 0 Å². The van der Waals surface area contributed by atoms with Gasteiger partial charge in [-0.05, 0) is 23.6 Å². The molecule has 2 aromatic rings. The third kappa shape index (κ3) is 1.97. The summed E-state index contributed by atoms with van der Waals surface area (Å²) in [6, 6.07) is 13.3. The van der Waals surface area contributed by atoms with Crippen LogP contribution in [0.1, 0.15) is 17.2 Å². The third-order valence-electron chi connectivity index (χ3n) is 4.02. The van der Waals surface area contributed by atoms with Crippen molar-refractivity contribution in [3.8, 4) is 0 Å². The van der Waals surface area contributed by atoms with E-state index in [0.717, 1.165) is 10.6 Å². The molecular formula is C17H13NO3S. The molecule has 2 aliphatic rings. The first kappa shape index (κ1) is 13.3. The highest BCUT2D eigenvalue weighted by Gasteiger charge is 2.43. The zero-order valence-electron chi connectivity index (χ0n) is 11.7. The van der Waals surface area contributed by atoms with E-state index in [-0.39, 0.29) is 24.4 Å². The minimum atomic E-state index is -0.304. The van der Waals surface area contributed by atoms with Gasteiger partial charge in [0, 0.05) is 22.9 Å². The fourth-order valence-corrected chi connectivity index (χ4v) is 3.90. The van der Waals surface area contributed by atoms with E-state index in [9.17, 15) is 9.59 Å². The molecule has 4 rings (SSSR count). The molecule has 0 spiro atoms. The number of esters is 1. The molecule has 0 fully saturated rings. The number of carbonyl (C=O) groups excluding carboxylic acids is 2. The van der Waals surface area contributed by atoms with Gasteiger partial charge in [0.2, 0.25) is 5.91 Å². The number of rotatable bonds is 2. The lowest BCUT2D eigenvalue weighted by molar-refractivity contribution is -0.136. The van der Waals surface area contributed by atoms with Crippen LogP contribution in [0.3, 0.4) is 0 Å². The van der Waals surface area contributed by atoms with Crippen LogP contribution in [0, 0.1) is 0 Å². The van der Waals surface area contributed by atoms with Crippen molar-refractivity contribution in [2.24, 2.45) is 0 Å². The van der Waals surface area contributed by atoms with E-state index in [1.165, 1.54) is 0 Å². The molecule has 1 aromatic heterocycles. The van der Waals surface area contributed by atoms with Crippen molar-refractivity contribution in [2.45, 2.75) is 12.3 Å². The van der Waals surface area contributed by atoms with Crippen molar-refractivity contribution >= 4 is 28.9 Å². The molecule has 1 amide bonds. The van der Waals surface area contributed by atoms with E-state index in [0.29, 0.717) is 17.7 Å². The molecule has 0 aliphatic carbocycles. The molecule has 3 heterocycles. The molecule has 0 unspecified atom stereocenters. The zero-order valence-corrected chi connectivity index (χ0v) is 12.5. The first-order chi connectivity index (χ1) is 10.8. The van der Waals surface area contributed by atoms with E-state index >= 15 is 0 Å². The monoisotopic (exact) mass is 311 g/mol. The topological polar surface area (TPSA) is 46.6 Å². The number of cyclic esters (lactones) is 1. The first-order valence-electron chi connectivity index (χ1n) is 7.07. The van der Waals surface area contributed by atoms with Gasteiger partial charge in [-0.25, -0.2) is 4.79 Å². The van der Waals surface area contributed by atoms with Gasteiger partial charge >= 0.3 is 5.97 Å². The second-order valence-electron chi connectivity index (χ2n) is 5.27. The lowest BCUT2D eigenvalue weighted by atomic mass is 9.88. The van der Waals surface area contributed by atoms with E-state index in [4.69, 9.17) is 4.74 Å². The van der Waals surface area contributed by atoms with E-state index in [1.807, 2.05) is 47.8 Å². The summed E-state index contributed by atoms with van der Waals surface area (Å²) in [5, 5.41) is 1.96. The van der Waals surface area contributed by atoms with Gasteiger partial charge in [0.25, 0.3) is 0 Å². The van der Waals surface area contributed by atoms with E-state index in [2.05, 4.69) is 0 Å². The van der Waals surface area contributed by atoms with Crippen LogP contribution < -0.4 is 4.90 Å². The van der Waals surface area contributed by atoms with Gasteiger partial charge in [-0.3, -0.25) is 9.69 Å². The highest BCUT2D eigenvalue weighted by molar-refractivity contribution is 7.10. The Labute approximate surface area is 131 Å². The Hall–Kier alpha value is -2.40. The summed E-state index contributed by atoms with van der Waals surface area (Å²) in [5.41, 5.74) is 2.10. The summed E-state index contributed by atoms with van der Waals surface area (Å²) in [5.74, 6) is -0.485. The fourth-order valence-electron chi connectivity index (χ4n) is 3.06. The third-order valence-corrected chi connectivity index (χ3v) is 5.00. The van der Waals surface area contributed by atoms with Gasteiger partial charge < -0.3 is 4.74 Å². The van der Waals surface area contributed by atoms with Crippen LogP contribution >= 0.6 is 11.3 Å². The molecule has 0 saturated carbocycles. The summed E-state index contributed by atoms with van der Waals surface area (Å²) < 4.78 is 5.23. The van der Waals surface area contributed by atoms with Crippen LogP contribution in [0.5, 0.6) is 0 Å². The molecule has 1 aromatic carbocycles. The SMILES string of the molecule is O=C1OCC2=C1[C@H](c1cccs1)CC(=O)N2c1ccccc1. The minimum absolute atomic E-state index is 0.00153. The second kappa shape index (κ2) is 5.10. The normalized spacial score (nSPS) is 21.1. The van der Waals surface area contributed by atoms with Gasteiger partial charge in [-0.15, -0.1) is 11.3 Å². The number of anilines is 1. The maximum atomic E-state index is 12.7. The average Bonchev–Trinajstić information content (AvgIpc) is 3.18. The predicted molar refractivity (Wildman–Crippen MR) is 83.6 cm³/mol. The van der Waals surface area contributed by atoms with Crippen molar-refractivity contribution in [1.29, 1.82) is 0 Å². The van der Waals surface area contributed by atoms with Crippen LogP contribution in [0.2, 0.25) is 0 Å². The summed E-state index contributed by atoms with van der Waals surface area (Å²) >= 11 is 1.57. The van der Waals surface area contributed by atoms with Crippen molar-refractivity contribution < 1.29 is 14.3 Å². The van der Waals surface area contributed by atoms with Gasteiger partial charge in [0.1, 0.15) is 6.61 Å². The Morgan fingerprint density at radius 1 is 1.09 bits per heavy atom. The number of benzene rings is 1. The Kier molecular flexibility index (Phi) is 3.08. The van der Waals surface area contributed by atoms with Crippen LogP contribution in [0.25, 0.3) is 0 Å². The van der Waals surface area contributed by atoms with Crippen molar-refractivity contribution in [2.75, 3.05) is 11.5 Å². The molecule has 4 nitrogen and oxygen atoms in total. The second-order valence-corrected chi connectivity index (χ2v) is 6.25. The lowest BCUT2D eigenvalue weighted by Gasteiger charge is -2.31.